The Balaban J connectivity index is 1.90. The van der Waals surface area contributed by atoms with Crippen LogP contribution in [-0.2, 0) is 11.6 Å². The van der Waals surface area contributed by atoms with Crippen molar-refractivity contribution in [3.05, 3.63) is 72.1 Å². The van der Waals surface area contributed by atoms with Gasteiger partial charge in [0.25, 0.3) is 0 Å². The average Bonchev–Trinajstić information content (AvgIpc) is 3.06. The molecule has 0 atom stereocenters. The van der Waals surface area contributed by atoms with Crippen molar-refractivity contribution in [1.29, 1.82) is 0 Å². The zero-order valence-corrected chi connectivity index (χ0v) is 16.2. The molecule has 1 aliphatic heterocycles. The van der Waals surface area contributed by atoms with Crippen LogP contribution in [0.2, 0.25) is 0 Å². The number of rotatable bonds is 2. The maximum atomic E-state index is 12.9. The minimum Gasteiger partial charge on any atom is -0.195 e. The fourth-order valence-corrected chi connectivity index (χ4v) is 2.97. The summed E-state index contributed by atoms with van der Waals surface area (Å²) in [5, 5.41) is 0. The fraction of sp³-hybridized carbons (Fsp3) is 0.227. The summed E-state index contributed by atoms with van der Waals surface area (Å²) in [6.45, 7) is 6.09. The molecule has 1 aromatic heterocycles. The van der Waals surface area contributed by atoms with Gasteiger partial charge in [-0.1, -0.05) is 48.1 Å². The van der Waals surface area contributed by atoms with E-state index in [0.29, 0.717) is 17.3 Å². The van der Waals surface area contributed by atoms with Gasteiger partial charge in [-0.15, -0.1) is 0 Å². The SMILES string of the molecule is CC(C)(C)c1cnc2c(n1)[N+](c1ccc(C(F)(F)F)cc1)=C=[N+]2c1ccccc1. The monoisotopic (exact) mass is 396 g/mol. The van der Waals surface area contributed by atoms with E-state index in [2.05, 4.69) is 11.0 Å². The maximum Gasteiger partial charge on any atom is 0.480 e. The summed E-state index contributed by atoms with van der Waals surface area (Å²) in [5.41, 5.74) is 1.22. The van der Waals surface area contributed by atoms with Crippen LogP contribution in [0.1, 0.15) is 32.0 Å². The number of aromatic nitrogens is 2. The summed E-state index contributed by atoms with van der Waals surface area (Å²) in [7, 11) is 0. The normalized spacial score (nSPS) is 13.7. The second-order valence-electron chi connectivity index (χ2n) is 7.80. The van der Waals surface area contributed by atoms with E-state index in [4.69, 9.17) is 4.98 Å². The summed E-state index contributed by atoms with van der Waals surface area (Å²) < 4.78 is 42.2. The Kier molecular flexibility index (Phi) is 4.35. The second-order valence-corrected chi connectivity index (χ2v) is 7.80. The standard InChI is InChI=1S/C22H19F3N4/c1-21(2,3)18-13-26-19-20(27-18)29(14-28(19)16-7-5-4-6-8-16)17-11-9-15(10-12-17)22(23,24)25/h4-13H,1-3H3/q+2. The molecule has 4 rings (SSSR count). The average molecular weight is 396 g/mol. The van der Waals surface area contributed by atoms with Crippen LogP contribution in [0.25, 0.3) is 0 Å². The number of halogens is 3. The zero-order chi connectivity index (χ0) is 20.8. The van der Waals surface area contributed by atoms with Crippen LogP contribution in [0.3, 0.4) is 0 Å². The number of hydrogen-bond acceptors (Lipinski definition) is 2. The van der Waals surface area contributed by atoms with Gasteiger partial charge in [0, 0.05) is 10.4 Å². The van der Waals surface area contributed by atoms with Gasteiger partial charge in [-0.25, -0.2) is 0 Å². The van der Waals surface area contributed by atoms with Crippen molar-refractivity contribution in [2.24, 2.45) is 0 Å². The van der Waals surface area contributed by atoms with Crippen LogP contribution in [0, 0.1) is 0 Å². The van der Waals surface area contributed by atoms with Gasteiger partial charge in [0.05, 0.1) is 11.8 Å². The predicted molar refractivity (Wildman–Crippen MR) is 107 cm³/mol. The third-order valence-corrected chi connectivity index (χ3v) is 4.59. The molecule has 2 heterocycles. The summed E-state index contributed by atoms with van der Waals surface area (Å²) in [4.78, 5) is 9.36. The molecule has 3 aromatic rings. The van der Waals surface area contributed by atoms with Crippen molar-refractivity contribution < 1.29 is 13.2 Å². The molecule has 4 nitrogen and oxygen atoms in total. The van der Waals surface area contributed by atoms with Gasteiger partial charge in [0.15, 0.2) is 11.4 Å². The van der Waals surface area contributed by atoms with E-state index in [1.54, 1.807) is 15.3 Å². The van der Waals surface area contributed by atoms with Crippen LogP contribution in [0.4, 0.5) is 36.2 Å². The van der Waals surface area contributed by atoms with Crippen molar-refractivity contribution in [2.45, 2.75) is 32.4 Å². The third-order valence-electron chi connectivity index (χ3n) is 4.59. The maximum absolute atomic E-state index is 12.9. The Bertz CT molecular complexity index is 1140. The molecule has 0 saturated carbocycles. The van der Waals surface area contributed by atoms with E-state index in [1.807, 2.05) is 51.1 Å². The molecule has 146 valence electrons. The van der Waals surface area contributed by atoms with E-state index in [9.17, 15) is 13.2 Å². The smallest absolute Gasteiger partial charge is 0.195 e. The van der Waals surface area contributed by atoms with Gasteiger partial charge in [-0.3, -0.25) is 0 Å². The Hall–Kier alpha value is -3.31. The first-order valence-electron chi connectivity index (χ1n) is 9.11. The Morgan fingerprint density at radius 1 is 0.793 bits per heavy atom. The number of fused-ring (bicyclic) bond motifs is 1. The Morgan fingerprint density at radius 2 is 1.38 bits per heavy atom. The molecule has 0 bridgehead atoms. The van der Waals surface area contributed by atoms with E-state index < -0.39 is 11.7 Å². The third kappa shape index (κ3) is 3.57. The van der Waals surface area contributed by atoms with Gasteiger partial charge in [0.2, 0.25) is 5.69 Å². The molecule has 29 heavy (non-hydrogen) atoms. The molecule has 0 amide bonds. The zero-order valence-electron chi connectivity index (χ0n) is 16.2. The molecule has 7 heteroatoms. The van der Waals surface area contributed by atoms with Crippen LogP contribution in [0.5, 0.6) is 0 Å². The fourth-order valence-electron chi connectivity index (χ4n) is 2.97. The predicted octanol–water partition coefficient (Wildman–Crippen LogP) is 5.65. The quantitative estimate of drug-likeness (QED) is 0.410. The highest BCUT2D eigenvalue weighted by molar-refractivity contribution is 5.80. The highest BCUT2D eigenvalue weighted by atomic mass is 19.4. The Morgan fingerprint density at radius 3 is 1.97 bits per heavy atom. The molecular weight excluding hydrogens is 377 g/mol. The first kappa shape index (κ1) is 19.0. The number of nitrogens with zero attached hydrogens (tertiary/aromatic N) is 4. The molecule has 2 aromatic carbocycles. The molecule has 0 fully saturated rings. The van der Waals surface area contributed by atoms with Crippen molar-refractivity contribution in [1.82, 2.24) is 19.1 Å². The molecule has 0 aliphatic carbocycles. The molecule has 0 unspecified atom stereocenters. The highest BCUT2D eigenvalue weighted by Gasteiger charge is 2.41. The first-order chi connectivity index (χ1) is 13.6. The van der Waals surface area contributed by atoms with Gasteiger partial charge in [-0.05, 0) is 36.4 Å². The lowest BCUT2D eigenvalue weighted by Gasteiger charge is -2.11. The lowest BCUT2D eigenvalue weighted by molar-refractivity contribution is -0.137. The lowest BCUT2D eigenvalue weighted by Crippen LogP contribution is -2.16. The van der Waals surface area contributed by atoms with Gasteiger partial charge in [-0.2, -0.15) is 18.2 Å². The summed E-state index contributed by atoms with van der Waals surface area (Å²) >= 11 is 0. The molecule has 1 aliphatic rings. The van der Waals surface area contributed by atoms with E-state index in [-0.39, 0.29) is 5.41 Å². The lowest BCUT2D eigenvalue weighted by atomic mass is 9.93. The van der Waals surface area contributed by atoms with Crippen LogP contribution < -0.4 is 9.15 Å². The first-order valence-corrected chi connectivity index (χ1v) is 9.11. The van der Waals surface area contributed by atoms with Crippen molar-refractivity contribution in [2.75, 3.05) is 0 Å². The van der Waals surface area contributed by atoms with Crippen molar-refractivity contribution in [3.8, 4) is 0 Å². The van der Waals surface area contributed by atoms with Gasteiger partial charge >= 0.3 is 23.8 Å². The number of benzene rings is 2. The van der Waals surface area contributed by atoms with Crippen molar-refractivity contribution in [3.63, 3.8) is 0 Å². The molecular formula is C22H19F3N4+2. The summed E-state index contributed by atoms with van der Waals surface area (Å²) in [6.07, 6.45) is -2.66. The summed E-state index contributed by atoms with van der Waals surface area (Å²) in [5.74, 6) is 1.10. The Labute approximate surface area is 166 Å². The number of para-hydroxylation sites is 1. The van der Waals surface area contributed by atoms with Gasteiger partial charge < -0.3 is 0 Å². The van der Waals surface area contributed by atoms with E-state index in [0.717, 1.165) is 23.5 Å². The van der Waals surface area contributed by atoms with Crippen LogP contribution >= 0.6 is 0 Å². The summed E-state index contributed by atoms with van der Waals surface area (Å²) in [6, 6.07) is 17.7. The van der Waals surface area contributed by atoms with Gasteiger partial charge in [0.1, 0.15) is 0 Å². The van der Waals surface area contributed by atoms with Crippen LogP contribution in [0.15, 0.2) is 60.8 Å². The second kappa shape index (κ2) is 6.64. The largest absolute Gasteiger partial charge is 0.480 e. The van der Waals surface area contributed by atoms with E-state index in [1.165, 1.54) is 12.1 Å². The van der Waals surface area contributed by atoms with Crippen LogP contribution in [-0.4, -0.2) is 16.0 Å². The topological polar surface area (TPSA) is 31.8 Å². The molecule has 0 spiro atoms. The minimum atomic E-state index is -4.38. The number of alkyl halides is 3. The molecule has 0 radical (unpaired) electrons. The molecule has 0 N–H and O–H groups in total. The molecule has 0 saturated heterocycles. The van der Waals surface area contributed by atoms with Crippen molar-refractivity contribution >= 4 is 29.0 Å². The number of hydrogen-bond donors (Lipinski definition) is 0. The van der Waals surface area contributed by atoms with E-state index >= 15 is 0 Å². The highest BCUT2D eigenvalue weighted by Crippen LogP contribution is 2.35. The minimum absolute atomic E-state index is 0.228.